The Hall–Kier alpha value is -3.06. The van der Waals surface area contributed by atoms with Gasteiger partial charge in [0.25, 0.3) is 5.91 Å². The third-order valence-corrected chi connectivity index (χ3v) is 3.92. The monoisotopic (exact) mass is 289 g/mol. The molecule has 2 aromatic carbocycles. The van der Waals surface area contributed by atoms with Gasteiger partial charge >= 0.3 is 0 Å². The highest BCUT2D eigenvalue weighted by molar-refractivity contribution is 6.14. The molecule has 0 spiro atoms. The van der Waals surface area contributed by atoms with Gasteiger partial charge in [0, 0.05) is 23.6 Å². The fourth-order valence-electron chi connectivity index (χ4n) is 2.68. The third-order valence-electron chi connectivity index (χ3n) is 3.92. The minimum absolute atomic E-state index is 0.197. The maximum Gasteiger partial charge on any atom is 0.258 e. The number of aryl methyl sites for hydroxylation is 1. The number of aromatic nitrogens is 1. The van der Waals surface area contributed by atoms with Gasteiger partial charge in [-0.2, -0.15) is 5.26 Å². The molecular formula is C18H15N3O. The molecule has 1 amide bonds. The van der Waals surface area contributed by atoms with Crippen LogP contribution >= 0.6 is 0 Å². The first-order valence-corrected chi connectivity index (χ1v) is 6.98. The van der Waals surface area contributed by atoms with Gasteiger partial charge in [-0.3, -0.25) is 4.79 Å². The first kappa shape index (κ1) is 13.9. The van der Waals surface area contributed by atoms with Crippen molar-refractivity contribution in [2.45, 2.75) is 6.92 Å². The Labute approximate surface area is 128 Å². The number of rotatable bonds is 2. The largest absolute Gasteiger partial charge is 0.347 e. The van der Waals surface area contributed by atoms with Crippen LogP contribution in [-0.2, 0) is 7.05 Å². The van der Waals surface area contributed by atoms with E-state index in [1.807, 2.05) is 42.8 Å². The lowest BCUT2D eigenvalue weighted by atomic mass is 10.1. The normalized spacial score (nSPS) is 10.4. The Balaban J connectivity index is 2.07. The van der Waals surface area contributed by atoms with Crippen LogP contribution in [0.15, 0.2) is 48.5 Å². The molecule has 0 aliphatic heterocycles. The number of anilines is 1. The second-order valence-electron chi connectivity index (χ2n) is 5.15. The van der Waals surface area contributed by atoms with Gasteiger partial charge in [-0.15, -0.1) is 0 Å². The summed E-state index contributed by atoms with van der Waals surface area (Å²) in [6.07, 6.45) is 0. The Morgan fingerprint density at radius 1 is 1.14 bits per heavy atom. The van der Waals surface area contributed by atoms with Crippen LogP contribution in [0.2, 0.25) is 0 Å². The molecule has 4 nitrogen and oxygen atoms in total. The van der Waals surface area contributed by atoms with Gasteiger partial charge in [0.05, 0.1) is 16.8 Å². The van der Waals surface area contributed by atoms with Crippen molar-refractivity contribution in [3.63, 3.8) is 0 Å². The second-order valence-corrected chi connectivity index (χ2v) is 5.15. The minimum atomic E-state index is -0.197. The van der Waals surface area contributed by atoms with Gasteiger partial charge in [0.1, 0.15) is 6.07 Å². The van der Waals surface area contributed by atoms with E-state index in [1.165, 1.54) is 0 Å². The number of benzene rings is 2. The van der Waals surface area contributed by atoms with Crippen LogP contribution in [0.4, 0.5) is 5.69 Å². The molecule has 1 N–H and O–H groups in total. The van der Waals surface area contributed by atoms with Crippen LogP contribution < -0.4 is 5.32 Å². The molecule has 0 aliphatic carbocycles. The van der Waals surface area contributed by atoms with Gasteiger partial charge in [-0.1, -0.05) is 30.3 Å². The molecule has 4 heteroatoms. The molecule has 1 aromatic heterocycles. The molecule has 0 saturated carbocycles. The maximum absolute atomic E-state index is 12.7. The standard InChI is InChI=1S/C18H15N3O/c1-12-17(14-8-4-6-10-16(14)21(12)2)18(22)20-15-9-5-3-7-13(15)11-19/h3-10H,1-2H3,(H,20,22). The predicted molar refractivity (Wildman–Crippen MR) is 86.8 cm³/mol. The zero-order chi connectivity index (χ0) is 15.7. The summed E-state index contributed by atoms with van der Waals surface area (Å²) in [6.45, 7) is 1.92. The molecule has 0 radical (unpaired) electrons. The van der Waals surface area contributed by atoms with Gasteiger partial charge in [-0.25, -0.2) is 0 Å². The van der Waals surface area contributed by atoms with E-state index in [4.69, 9.17) is 5.26 Å². The summed E-state index contributed by atoms with van der Waals surface area (Å²) in [5, 5.41) is 12.9. The molecule has 0 bridgehead atoms. The molecule has 0 unspecified atom stereocenters. The van der Waals surface area contributed by atoms with Crippen LogP contribution in [0, 0.1) is 18.3 Å². The average Bonchev–Trinajstić information content (AvgIpc) is 2.80. The third kappa shape index (κ3) is 2.13. The SMILES string of the molecule is Cc1c(C(=O)Nc2ccccc2C#N)c2ccccc2n1C. The number of nitrogens with one attached hydrogen (secondary N) is 1. The van der Waals surface area contributed by atoms with Gasteiger partial charge < -0.3 is 9.88 Å². The van der Waals surface area contributed by atoms with Gasteiger partial charge in [-0.05, 0) is 25.1 Å². The van der Waals surface area contributed by atoms with E-state index in [0.717, 1.165) is 16.6 Å². The predicted octanol–water partition coefficient (Wildman–Crippen LogP) is 3.61. The van der Waals surface area contributed by atoms with E-state index < -0.39 is 0 Å². The van der Waals surface area contributed by atoms with Crippen molar-refractivity contribution in [1.82, 2.24) is 4.57 Å². The lowest BCUT2D eigenvalue weighted by molar-refractivity contribution is 0.102. The molecule has 22 heavy (non-hydrogen) atoms. The van der Waals surface area contributed by atoms with Crippen molar-refractivity contribution in [3.05, 3.63) is 65.4 Å². The number of amides is 1. The average molecular weight is 289 g/mol. The Morgan fingerprint density at radius 2 is 1.82 bits per heavy atom. The number of nitriles is 1. The summed E-state index contributed by atoms with van der Waals surface area (Å²) in [6, 6.07) is 16.9. The Morgan fingerprint density at radius 3 is 2.59 bits per heavy atom. The fourth-order valence-corrected chi connectivity index (χ4v) is 2.68. The van der Waals surface area contributed by atoms with E-state index in [2.05, 4.69) is 11.4 Å². The number of carbonyl (C=O) groups is 1. The Bertz CT molecular complexity index is 916. The minimum Gasteiger partial charge on any atom is -0.347 e. The number of nitrogens with zero attached hydrogens (tertiary/aromatic N) is 2. The smallest absolute Gasteiger partial charge is 0.258 e. The highest BCUT2D eigenvalue weighted by Gasteiger charge is 2.18. The van der Waals surface area contributed by atoms with E-state index >= 15 is 0 Å². The topological polar surface area (TPSA) is 57.8 Å². The first-order chi connectivity index (χ1) is 10.6. The number of hydrogen-bond donors (Lipinski definition) is 1. The number of para-hydroxylation sites is 2. The van der Waals surface area contributed by atoms with Crippen molar-refractivity contribution in [2.24, 2.45) is 7.05 Å². The highest BCUT2D eigenvalue weighted by atomic mass is 16.1. The van der Waals surface area contributed by atoms with Crippen LogP contribution in [0.1, 0.15) is 21.6 Å². The van der Waals surface area contributed by atoms with Crippen LogP contribution in [-0.4, -0.2) is 10.5 Å². The quantitative estimate of drug-likeness (QED) is 0.783. The summed E-state index contributed by atoms with van der Waals surface area (Å²) in [5.41, 5.74) is 3.54. The molecule has 0 atom stereocenters. The van der Waals surface area contributed by atoms with E-state index in [9.17, 15) is 4.79 Å². The molecule has 0 aliphatic rings. The Kier molecular flexibility index (Phi) is 3.40. The van der Waals surface area contributed by atoms with Crippen molar-refractivity contribution >= 4 is 22.5 Å². The molecule has 0 fully saturated rings. The first-order valence-electron chi connectivity index (χ1n) is 6.98. The van der Waals surface area contributed by atoms with E-state index in [1.54, 1.807) is 24.3 Å². The van der Waals surface area contributed by atoms with Crippen molar-refractivity contribution in [1.29, 1.82) is 5.26 Å². The number of fused-ring (bicyclic) bond motifs is 1. The summed E-state index contributed by atoms with van der Waals surface area (Å²) >= 11 is 0. The lowest BCUT2D eigenvalue weighted by Gasteiger charge is -2.07. The molecular weight excluding hydrogens is 274 g/mol. The summed E-state index contributed by atoms with van der Waals surface area (Å²) < 4.78 is 2.00. The fraction of sp³-hybridized carbons (Fsp3) is 0.111. The van der Waals surface area contributed by atoms with Crippen molar-refractivity contribution in [3.8, 4) is 6.07 Å². The van der Waals surface area contributed by atoms with E-state index in [-0.39, 0.29) is 5.91 Å². The van der Waals surface area contributed by atoms with Crippen LogP contribution in [0.25, 0.3) is 10.9 Å². The lowest BCUT2D eigenvalue weighted by Crippen LogP contribution is -2.14. The summed E-state index contributed by atoms with van der Waals surface area (Å²) in [4.78, 5) is 12.7. The molecule has 108 valence electrons. The van der Waals surface area contributed by atoms with Gasteiger partial charge in [0.15, 0.2) is 0 Å². The molecule has 1 heterocycles. The zero-order valence-corrected chi connectivity index (χ0v) is 12.4. The zero-order valence-electron chi connectivity index (χ0n) is 12.4. The van der Waals surface area contributed by atoms with Crippen LogP contribution in [0.3, 0.4) is 0 Å². The van der Waals surface area contributed by atoms with E-state index in [0.29, 0.717) is 16.8 Å². The molecule has 3 aromatic rings. The highest BCUT2D eigenvalue weighted by Crippen LogP contribution is 2.26. The van der Waals surface area contributed by atoms with Crippen LogP contribution in [0.5, 0.6) is 0 Å². The molecule has 0 saturated heterocycles. The number of hydrogen-bond acceptors (Lipinski definition) is 2. The van der Waals surface area contributed by atoms with Crippen molar-refractivity contribution in [2.75, 3.05) is 5.32 Å². The summed E-state index contributed by atoms with van der Waals surface area (Å²) in [5.74, 6) is -0.197. The summed E-state index contributed by atoms with van der Waals surface area (Å²) in [7, 11) is 1.94. The van der Waals surface area contributed by atoms with Gasteiger partial charge in [0.2, 0.25) is 0 Å². The molecule has 3 rings (SSSR count). The second kappa shape index (κ2) is 5.38. The number of carbonyl (C=O) groups excluding carboxylic acids is 1. The van der Waals surface area contributed by atoms with Crippen molar-refractivity contribution < 1.29 is 4.79 Å². The maximum atomic E-state index is 12.7.